The summed E-state index contributed by atoms with van der Waals surface area (Å²) in [5, 5.41) is 10.9. The molecule has 5 aliphatic rings. The molecule has 0 unspecified atom stereocenters. The molecule has 0 aromatic carbocycles. The van der Waals surface area contributed by atoms with Crippen LogP contribution in [0.5, 0.6) is 0 Å². The highest BCUT2D eigenvalue weighted by Gasteiger charge is 2.65. The summed E-state index contributed by atoms with van der Waals surface area (Å²) in [5.41, 5.74) is 5.32. The normalized spacial score (nSPS) is 52.6. The van der Waals surface area contributed by atoms with E-state index in [1.54, 1.807) is 11.1 Å². The first kappa shape index (κ1) is 22.2. The maximum atomic E-state index is 10.9. The van der Waals surface area contributed by atoms with Crippen LogP contribution in [0.4, 0.5) is 0 Å². The minimum atomic E-state index is -0.152. The van der Waals surface area contributed by atoms with Crippen molar-refractivity contribution < 1.29 is 5.11 Å². The molecule has 0 aliphatic heterocycles. The molecule has 0 aromatic heterocycles. The third-order valence-electron chi connectivity index (χ3n) is 12.4. The van der Waals surface area contributed by atoms with E-state index in [2.05, 4.69) is 67.5 Å². The summed E-state index contributed by atoms with van der Waals surface area (Å²) < 4.78 is 0. The summed E-state index contributed by atoms with van der Waals surface area (Å²) in [4.78, 5) is 0. The van der Waals surface area contributed by atoms with Gasteiger partial charge in [-0.05, 0) is 102 Å². The topological polar surface area (TPSA) is 20.2 Å². The molecule has 7 atom stereocenters. The SMILES string of the molecule is CC1(C)CC[C@]2(C)CC[C@]3(C)C(=CC=C4[C@@]5(C)CC[C@@H](O)C(C)(C)[C@@H]5CC[C@]43C)[C@H]2C1. The fourth-order valence-corrected chi connectivity index (χ4v) is 9.81. The molecule has 174 valence electrons. The van der Waals surface area contributed by atoms with Gasteiger partial charge < -0.3 is 5.11 Å². The van der Waals surface area contributed by atoms with Gasteiger partial charge in [0, 0.05) is 0 Å². The Morgan fingerprint density at radius 2 is 1.42 bits per heavy atom. The van der Waals surface area contributed by atoms with Crippen LogP contribution in [0.1, 0.15) is 113 Å². The van der Waals surface area contributed by atoms with Crippen LogP contribution in [0.15, 0.2) is 23.3 Å². The lowest BCUT2D eigenvalue weighted by atomic mass is 9.36. The summed E-state index contributed by atoms with van der Waals surface area (Å²) >= 11 is 0. The number of hydrogen-bond donors (Lipinski definition) is 1. The second-order valence-electron chi connectivity index (χ2n) is 14.8. The van der Waals surface area contributed by atoms with Gasteiger partial charge in [-0.15, -0.1) is 0 Å². The first-order valence-corrected chi connectivity index (χ1v) is 13.3. The number of aliphatic hydroxyl groups is 1. The zero-order valence-corrected chi connectivity index (χ0v) is 21.7. The highest BCUT2D eigenvalue weighted by atomic mass is 16.3. The van der Waals surface area contributed by atoms with Gasteiger partial charge in [-0.3, -0.25) is 0 Å². The van der Waals surface area contributed by atoms with Crippen LogP contribution in [0.25, 0.3) is 0 Å². The van der Waals surface area contributed by atoms with Gasteiger partial charge in [0.2, 0.25) is 0 Å². The quantitative estimate of drug-likeness (QED) is 0.416. The lowest BCUT2D eigenvalue weighted by molar-refractivity contribution is -0.125. The summed E-state index contributed by atoms with van der Waals surface area (Å²) in [6, 6.07) is 0. The third kappa shape index (κ3) is 2.71. The van der Waals surface area contributed by atoms with Crippen molar-refractivity contribution in [2.75, 3.05) is 0 Å². The number of fused-ring (bicyclic) bond motifs is 7. The van der Waals surface area contributed by atoms with E-state index in [1.165, 1.54) is 44.9 Å². The molecule has 0 bridgehead atoms. The molecule has 4 fully saturated rings. The summed E-state index contributed by atoms with van der Waals surface area (Å²) in [5.74, 6) is 1.34. The molecule has 1 nitrogen and oxygen atoms in total. The van der Waals surface area contributed by atoms with Crippen LogP contribution >= 0.6 is 0 Å². The van der Waals surface area contributed by atoms with Crippen molar-refractivity contribution in [2.45, 2.75) is 119 Å². The van der Waals surface area contributed by atoms with Crippen LogP contribution in [0.3, 0.4) is 0 Å². The molecule has 0 saturated heterocycles. The monoisotopic (exact) mass is 424 g/mol. The molecule has 0 amide bonds. The molecule has 31 heavy (non-hydrogen) atoms. The highest BCUT2D eigenvalue weighted by Crippen LogP contribution is 2.74. The average Bonchev–Trinajstić information content (AvgIpc) is 2.67. The maximum Gasteiger partial charge on any atom is 0.0594 e. The van der Waals surface area contributed by atoms with E-state index < -0.39 is 0 Å². The zero-order valence-electron chi connectivity index (χ0n) is 21.7. The molecule has 1 N–H and O–H groups in total. The summed E-state index contributed by atoms with van der Waals surface area (Å²) in [6.45, 7) is 20.2. The maximum absolute atomic E-state index is 10.9. The van der Waals surface area contributed by atoms with Crippen molar-refractivity contribution >= 4 is 0 Å². The molecule has 5 aliphatic carbocycles. The van der Waals surface area contributed by atoms with Gasteiger partial charge in [-0.1, -0.05) is 78.7 Å². The molecular formula is C30H48O. The van der Waals surface area contributed by atoms with E-state index >= 15 is 0 Å². The Morgan fingerprint density at radius 1 is 0.742 bits per heavy atom. The van der Waals surface area contributed by atoms with Crippen LogP contribution in [-0.4, -0.2) is 11.2 Å². The molecule has 0 aromatic rings. The number of rotatable bonds is 0. The molecular weight excluding hydrogens is 376 g/mol. The van der Waals surface area contributed by atoms with Crippen molar-refractivity contribution in [2.24, 2.45) is 44.3 Å². The Hall–Kier alpha value is -0.560. The van der Waals surface area contributed by atoms with Crippen LogP contribution in [0.2, 0.25) is 0 Å². The van der Waals surface area contributed by atoms with Gasteiger partial charge in [0.1, 0.15) is 0 Å². The van der Waals surface area contributed by atoms with Gasteiger partial charge in [0.15, 0.2) is 0 Å². The van der Waals surface area contributed by atoms with E-state index in [4.69, 9.17) is 0 Å². The predicted molar refractivity (Wildman–Crippen MR) is 131 cm³/mol. The Bertz CT molecular complexity index is 844. The van der Waals surface area contributed by atoms with Crippen LogP contribution in [-0.2, 0) is 0 Å². The van der Waals surface area contributed by atoms with E-state index in [0.29, 0.717) is 22.2 Å². The fraction of sp³-hybridized carbons (Fsp3) is 0.867. The van der Waals surface area contributed by atoms with Gasteiger partial charge in [0.25, 0.3) is 0 Å². The van der Waals surface area contributed by atoms with Crippen molar-refractivity contribution in [1.29, 1.82) is 0 Å². The van der Waals surface area contributed by atoms with Crippen LogP contribution < -0.4 is 0 Å². The molecule has 4 saturated carbocycles. The van der Waals surface area contributed by atoms with E-state index in [1.807, 2.05) is 0 Å². The standard InChI is InChI=1S/C30H48O/c1-25(2)15-16-27(5)17-18-29(7)20(21(27)19-25)9-10-23-28(6)13-12-24(31)26(3,4)22(28)11-14-30(23,29)8/h9-10,21-22,24,31H,11-19H2,1-8H3/t21-,22+,24-,27-,28+,29-,30-/m1/s1. The first-order chi connectivity index (χ1) is 14.2. The van der Waals surface area contributed by atoms with Gasteiger partial charge >= 0.3 is 0 Å². The first-order valence-electron chi connectivity index (χ1n) is 13.3. The largest absolute Gasteiger partial charge is 0.393 e. The van der Waals surface area contributed by atoms with E-state index in [9.17, 15) is 5.11 Å². The van der Waals surface area contributed by atoms with Crippen molar-refractivity contribution in [3.05, 3.63) is 23.3 Å². The van der Waals surface area contributed by atoms with Gasteiger partial charge in [0.05, 0.1) is 6.10 Å². The second-order valence-corrected chi connectivity index (χ2v) is 14.8. The summed E-state index contributed by atoms with van der Waals surface area (Å²) in [6.07, 6.45) is 16.7. The van der Waals surface area contributed by atoms with E-state index in [-0.39, 0.29) is 22.3 Å². The molecule has 1 heteroatoms. The van der Waals surface area contributed by atoms with Crippen LogP contribution in [0, 0.1) is 44.3 Å². The lowest BCUT2D eigenvalue weighted by Crippen LogP contribution is -2.60. The zero-order chi connectivity index (χ0) is 22.7. The Kier molecular flexibility index (Phi) is 4.53. The molecule has 0 heterocycles. The molecule has 5 rings (SSSR count). The fourth-order valence-electron chi connectivity index (χ4n) is 9.81. The smallest absolute Gasteiger partial charge is 0.0594 e. The second kappa shape index (κ2) is 6.31. The van der Waals surface area contributed by atoms with E-state index in [0.717, 1.165) is 18.8 Å². The van der Waals surface area contributed by atoms with Gasteiger partial charge in [-0.25, -0.2) is 0 Å². The number of allylic oxidation sites excluding steroid dienone is 4. The van der Waals surface area contributed by atoms with Crippen molar-refractivity contribution in [3.63, 3.8) is 0 Å². The van der Waals surface area contributed by atoms with Crippen molar-refractivity contribution in [3.8, 4) is 0 Å². The van der Waals surface area contributed by atoms with Crippen molar-refractivity contribution in [1.82, 2.24) is 0 Å². The lowest BCUT2D eigenvalue weighted by Gasteiger charge is -2.68. The molecule has 0 spiro atoms. The highest BCUT2D eigenvalue weighted by molar-refractivity contribution is 5.45. The number of hydrogen-bond acceptors (Lipinski definition) is 1. The van der Waals surface area contributed by atoms with Gasteiger partial charge in [-0.2, -0.15) is 0 Å². The average molecular weight is 425 g/mol. The predicted octanol–water partition coefficient (Wildman–Crippen LogP) is 8.09. The minimum absolute atomic E-state index is 0.0125. The Labute approximate surface area is 192 Å². The Balaban J connectivity index is 1.63. The minimum Gasteiger partial charge on any atom is -0.393 e. The molecule has 0 radical (unpaired) electrons. The Morgan fingerprint density at radius 3 is 2.13 bits per heavy atom. The number of aliphatic hydroxyl groups excluding tert-OH is 1. The summed E-state index contributed by atoms with van der Waals surface area (Å²) in [7, 11) is 0. The third-order valence-corrected chi connectivity index (χ3v) is 12.4.